The van der Waals surface area contributed by atoms with Gasteiger partial charge in [0.25, 0.3) is 0 Å². The van der Waals surface area contributed by atoms with Crippen LogP contribution in [0.25, 0.3) is 0 Å². The molecule has 0 saturated carbocycles. The zero-order valence-corrected chi connectivity index (χ0v) is 13.9. The first-order chi connectivity index (χ1) is 11.9. The van der Waals surface area contributed by atoms with Crippen molar-refractivity contribution in [1.29, 1.82) is 0 Å². The minimum Gasteiger partial charge on any atom is -0.480 e. The number of hydrogen-bond donors (Lipinski definition) is 3. The standard InChI is InChI=1S/C17H20N4O4/c1-12-2-4-13(5-3-12)6-7-15(22)18-10-16(23)19-14-8-9-21(20-14)11-17(24)25/h2-5,8-9H,6-7,10-11H2,1H3,(H,18,22)(H,24,25)(H,19,20,23). The van der Waals surface area contributed by atoms with Gasteiger partial charge < -0.3 is 15.7 Å². The number of nitrogens with zero attached hydrogens (tertiary/aromatic N) is 2. The largest absolute Gasteiger partial charge is 0.480 e. The summed E-state index contributed by atoms with van der Waals surface area (Å²) in [4.78, 5) is 34.1. The zero-order chi connectivity index (χ0) is 18.2. The summed E-state index contributed by atoms with van der Waals surface area (Å²) in [6.45, 7) is 1.55. The quantitative estimate of drug-likeness (QED) is 0.660. The summed E-state index contributed by atoms with van der Waals surface area (Å²) in [6, 6.07) is 9.42. The van der Waals surface area contributed by atoms with Crippen LogP contribution in [0.3, 0.4) is 0 Å². The molecule has 0 saturated heterocycles. The fourth-order valence-corrected chi connectivity index (χ4v) is 2.12. The van der Waals surface area contributed by atoms with Crippen LogP contribution in [0.4, 0.5) is 5.82 Å². The van der Waals surface area contributed by atoms with E-state index in [2.05, 4.69) is 15.7 Å². The van der Waals surface area contributed by atoms with E-state index < -0.39 is 11.9 Å². The summed E-state index contributed by atoms with van der Waals surface area (Å²) < 4.78 is 1.19. The lowest BCUT2D eigenvalue weighted by molar-refractivity contribution is -0.137. The molecule has 1 aromatic heterocycles. The van der Waals surface area contributed by atoms with E-state index in [1.807, 2.05) is 31.2 Å². The second kappa shape index (κ2) is 8.62. The molecule has 0 fully saturated rings. The maximum atomic E-state index is 11.8. The van der Waals surface area contributed by atoms with Crippen molar-refractivity contribution in [2.24, 2.45) is 0 Å². The van der Waals surface area contributed by atoms with Gasteiger partial charge in [0, 0.05) is 18.7 Å². The van der Waals surface area contributed by atoms with Crippen molar-refractivity contribution in [3.63, 3.8) is 0 Å². The number of carbonyl (C=O) groups excluding carboxylic acids is 2. The van der Waals surface area contributed by atoms with E-state index in [9.17, 15) is 14.4 Å². The van der Waals surface area contributed by atoms with Crippen molar-refractivity contribution in [2.45, 2.75) is 26.3 Å². The maximum absolute atomic E-state index is 11.8. The van der Waals surface area contributed by atoms with Crippen molar-refractivity contribution >= 4 is 23.6 Å². The van der Waals surface area contributed by atoms with Crippen molar-refractivity contribution in [2.75, 3.05) is 11.9 Å². The summed E-state index contributed by atoms with van der Waals surface area (Å²) >= 11 is 0. The lowest BCUT2D eigenvalue weighted by Crippen LogP contribution is -2.33. The number of aliphatic carboxylic acids is 1. The number of rotatable bonds is 8. The molecule has 1 aromatic carbocycles. The smallest absolute Gasteiger partial charge is 0.325 e. The second-order valence-electron chi connectivity index (χ2n) is 5.60. The highest BCUT2D eigenvalue weighted by molar-refractivity contribution is 5.93. The van der Waals surface area contributed by atoms with Gasteiger partial charge in [-0.25, -0.2) is 0 Å². The summed E-state index contributed by atoms with van der Waals surface area (Å²) in [5.41, 5.74) is 2.23. The third kappa shape index (κ3) is 6.46. The molecule has 0 aliphatic heterocycles. The van der Waals surface area contributed by atoms with Gasteiger partial charge in [-0.2, -0.15) is 5.10 Å². The highest BCUT2D eigenvalue weighted by Crippen LogP contribution is 2.06. The Morgan fingerprint density at radius 1 is 1.12 bits per heavy atom. The van der Waals surface area contributed by atoms with Crippen LogP contribution in [0.5, 0.6) is 0 Å². The fraction of sp³-hybridized carbons (Fsp3) is 0.294. The van der Waals surface area contributed by atoms with E-state index in [0.29, 0.717) is 12.8 Å². The van der Waals surface area contributed by atoms with Gasteiger partial charge in [-0.1, -0.05) is 29.8 Å². The highest BCUT2D eigenvalue weighted by Gasteiger charge is 2.09. The molecule has 8 nitrogen and oxygen atoms in total. The van der Waals surface area contributed by atoms with Crippen LogP contribution in [0.2, 0.25) is 0 Å². The SMILES string of the molecule is Cc1ccc(CCC(=O)NCC(=O)Nc2ccn(CC(=O)O)n2)cc1. The van der Waals surface area contributed by atoms with Crippen LogP contribution >= 0.6 is 0 Å². The summed E-state index contributed by atoms with van der Waals surface area (Å²) in [7, 11) is 0. The molecule has 2 rings (SSSR count). The second-order valence-corrected chi connectivity index (χ2v) is 5.60. The molecular weight excluding hydrogens is 324 g/mol. The number of anilines is 1. The van der Waals surface area contributed by atoms with Crippen molar-refractivity contribution in [1.82, 2.24) is 15.1 Å². The zero-order valence-electron chi connectivity index (χ0n) is 13.9. The van der Waals surface area contributed by atoms with Crippen LogP contribution in [-0.4, -0.2) is 39.2 Å². The molecule has 1 heterocycles. The van der Waals surface area contributed by atoms with Gasteiger partial charge in [0.05, 0.1) is 6.54 Å². The van der Waals surface area contributed by atoms with E-state index in [0.717, 1.165) is 11.1 Å². The number of carboxylic acids is 1. The van der Waals surface area contributed by atoms with E-state index in [4.69, 9.17) is 5.11 Å². The van der Waals surface area contributed by atoms with E-state index in [1.165, 1.54) is 16.9 Å². The predicted octanol–water partition coefficient (Wildman–Crippen LogP) is 0.964. The van der Waals surface area contributed by atoms with E-state index >= 15 is 0 Å². The third-order valence-corrected chi connectivity index (χ3v) is 3.41. The first-order valence-corrected chi connectivity index (χ1v) is 7.80. The number of aromatic nitrogens is 2. The maximum Gasteiger partial charge on any atom is 0.325 e. The average molecular weight is 344 g/mol. The number of benzene rings is 1. The van der Waals surface area contributed by atoms with Gasteiger partial charge in [0.15, 0.2) is 5.82 Å². The molecule has 3 N–H and O–H groups in total. The van der Waals surface area contributed by atoms with Gasteiger partial charge in [-0.3, -0.25) is 19.1 Å². The molecule has 0 aliphatic rings. The number of amides is 2. The first-order valence-electron chi connectivity index (χ1n) is 7.80. The van der Waals surface area contributed by atoms with Crippen molar-refractivity contribution < 1.29 is 19.5 Å². The third-order valence-electron chi connectivity index (χ3n) is 3.41. The van der Waals surface area contributed by atoms with Crippen LogP contribution in [-0.2, 0) is 27.3 Å². The Morgan fingerprint density at radius 2 is 1.84 bits per heavy atom. The minimum absolute atomic E-state index is 0.168. The number of hydrogen-bond acceptors (Lipinski definition) is 4. The predicted molar refractivity (Wildman–Crippen MR) is 91.0 cm³/mol. The molecule has 25 heavy (non-hydrogen) atoms. The van der Waals surface area contributed by atoms with Gasteiger partial charge in [0.1, 0.15) is 6.54 Å². The average Bonchev–Trinajstić information content (AvgIpc) is 2.98. The van der Waals surface area contributed by atoms with Crippen molar-refractivity contribution in [3.8, 4) is 0 Å². The molecule has 0 unspecified atom stereocenters. The molecule has 132 valence electrons. The molecule has 0 radical (unpaired) electrons. The fourth-order valence-electron chi connectivity index (χ4n) is 2.12. The Balaban J connectivity index is 1.70. The number of aryl methyl sites for hydroxylation is 2. The van der Waals surface area contributed by atoms with E-state index in [-0.39, 0.29) is 24.8 Å². The van der Waals surface area contributed by atoms with Crippen LogP contribution in [0.1, 0.15) is 17.5 Å². The molecule has 0 bridgehead atoms. The molecule has 0 spiro atoms. The minimum atomic E-state index is -1.03. The number of nitrogens with one attached hydrogen (secondary N) is 2. The van der Waals surface area contributed by atoms with Gasteiger partial charge in [-0.15, -0.1) is 0 Å². The Hall–Kier alpha value is -3.16. The summed E-state index contributed by atoms with van der Waals surface area (Å²) in [5, 5.41) is 17.6. The molecular formula is C17H20N4O4. The molecule has 0 aliphatic carbocycles. The lowest BCUT2D eigenvalue weighted by atomic mass is 10.1. The number of carboxylic acid groups (broad SMARTS) is 1. The Kier molecular flexibility index (Phi) is 6.27. The van der Waals surface area contributed by atoms with Crippen molar-refractivity contribution in [3.05, 3.63) is 47.7 Å². The summed E-state index contributed by atoms with van der Waals surface area (Å²) in [5.74, 6) is -1.43. The first kappa shape index (κ1) is 18.2. The number of carbonyl (C=O) groups is 3. The molecule has 8 heteroatoms. The normalized spacial score (nSPS) is 10.3. The highest BCUT2D eigenvalue weighted by atomic mass is 16.4. The van der Waals surface area contributed by atoms with Gasteiger partial charge in [0.2, 0.25) is 11.8 Å². The van der Waals surface area contributed by atoms with E-state index in [1.54, 1.807) is 0 Å². The molecule has 2 amide bonds. The Morgan fingerprint density at radius 3 is 2.52 bits per heavy atom. The Bertz CT molecular complexity index is 752. The lowest BCUT2D eigenvalue weighted by Gasteiger charge is -2.06. The van der Waals surface area contributed by atoms with Gasteiger partial charge >= 0.3 is 5.97 Å². The summed E-state index contributed by atoms with van der Waals surface area (Å²) in [6.07, 6.45) is 2.35. The molecule has 2 aromatic rings. The Labute approximate surface area is 144 Å². The van der Waals surface area contributed by atoms with Crippen LogP contribution in [0, 0.1) is 6.92 Å². The van der Waals surface area contributed by atoms with Gasteiger partial charge in [-0.05, 0) is 18.9 Å². The topological polar surface area (TPSA) is 113 Å². The molecule has 0 atom stereocenters. The monoisotopic (exact) mass is 344 g/mol. The van der Waals surface area contributed by atoms with Crippen LogP contribution < -0.4 is 10.6 Å². The van der Waals surface area contributed by atoms with Crippen LogP contribution in [0.15, 0.2) is 36.5 Å².